The van der Waals surface area contributed by atoms with Crippen molar-refractivity contribution < 1.29 is 19.6 Å². The molecule has 0 spiro atoms. The van der Waals surface area contributed by atoms with Gasteiger partial charge in [-0.15, -0.1) is 35.5 Å². The highest BCUT2D eigenvalue weighted by Crippen LogP contribution is 2.43. The molecule has 6 aromatic rings. The molecule has 2 aromatic heterocycles. The van der Waals surface area contributed by atoms with Crippen molar-refractivity contribution in [3.05, 3.63) is 165 Å². The molecular formula is C40H28O4P2S2. The molecule has 2 heterocycles. The summed E-state index contributed by atoms with van der Waals surface area (Å²) in [6.45, 7) is 0. The van der Waals surface area contributed by atoms with Crippen LogP contribution in [-0.4, -0.2) is 10.5 Å². The first kappa shape index (κ1) is 35.7. The molecule has 4 nitrogen and oxygen atoms in total. The molecule has 8 heteroatoms. The molecule has 0 saturated carbocycles. The Balaban J connectivity index is 0.000000406. The van der Waals surface area contributed by atoms with Crippen LogP contribution < -0.4 is 21.2 Å². The molecule has 0 unspecified atom stereocenters. The highest BCUT2D eigenvalue weighted by Gasteiger charge is 2.25. The number of rotatable bonds is 4. The molecule has 4 aromatic carbocycles. The van der Waals surface area contributed by atoms with Gasteiger partial charge >= 0.3 is 0 Å². The van der Waals surface area contributed by atoms with Crippen LogP contribution in [0.25, 0.3) is 0 Å². The molecular weight excluding hydrogens is 671 g/mol. The minimum absolute atomic E-state index is 0.705. The number of hydrogen-bond donors (Lipinski definition) is 2. The fraction of sp³-hybridized carbons (Fsp3) is 0. The fourth-order valence-electron chi connectivity index (χ4n) is 4.34. The number of terminal acetylenes is 2. The summed E-state index contributed by atoms with van der Waals surface area (Å²) in [6.07, 6.45) is 10.2. The van der Waals surface area contributed by atoms with Crippen LogP contribution in [0.1, 0.15) is 19.5 Å². The van der Waals surface area contributed by atoms with Gasteiger partial charge in [0.2, 0.25) is 14.3 Å². The Labute approximate surface area is 289 Å². The predicted octanol–water partition coefficient (Wildman–Crippen LogP) is 8.12. The average molecular weight is 699 g/mol. The Morgan fingerprint density at radius 1 is 0.417 bits per heavy atom. The van der Waals surface area contributed by atoms with Crippen LogP contribution in [-0.2, 0) is 9.13 Å². The van der Waals surface area contributed by atoms with Crippen LogP contribution in [0.2, 0.25) is 0 Å². The van der Waals surface area contributed by atoms with E-state index in [4.69, 9.17) is 23.4 Å². The van der Waals surface area contributed by atoms with E-state index in [-0.39, 0.29) is 0 Å². The summed E-state index contributed by atoms with van der Waals surface area (Å²) < 4.78 is 28.3. The molecule has 0 amide bonds. The zero-order chi connectivity index (χ0) is 34.2. The second-order valence-electron chi connectivity index (χ2n) is 9.65. The Morgan fingerprint density at radius 3 is 0.917 bits per heavy atom. The van der Waals surface area contributed by atoms with E-state index in [1.807, 2.05) is 146 Å². The molecule has 0 fully saturated rings. The minimum Gasteiger partial charge on any atom is -0.300 e. The lowest BCUT2D eigenvalue weighted by Crippen LogP contribution is -2.14. The molecule has 0 radical (unpaired) electrons. The number of thiophene rings is 2. The Kier molecular flexibility index (Phi) is 13.2. The second-order valence-corrected chi connectivity index (χ2v) is 16.8. The van der Waals surface area contributed by atoms with Gasteiger partial charge in [0.25, 0.3) is 0 Å². The van der Waals surface area contributed by atoms with Crippen molar-refractivity contribution in [1.29, 1.82) is 0 Å². The Hall–Kier alpha value is -5.10. The Morgan fingerprint density at radius 2 is 0.667 bits per heavy atom. The quantitative estimate of drug-likeness (QED) is 0.0845. The fourth-order valence-corrected chi connectivity index (χ4v) is 9.87. The van der Waals surface area contributed by atoms with Gasteiger partial charge < -0.3 is 0 Å². The lowest BCUT2D eigenvalue weighted by Gasteiger charge is -2.12. The van der Waals surface area contributed by atoms with Crippen LogP contribution in [0.3, 0.4) is 0 Å². The van der Waals surface area contributed by atoms with E-state index in [1.54, 1.807) is 0 Å². The van der Waals surface area contributed by atoms with E-state index >= 15 is 0 Å². The van der Waals surface area contributed by atoms with E-state index in [0.29, 0.717) is 21.2 Å². The summed E-state index contributed by atoms with van der Waals surface area (Å²) in [5.41, 5.74) is 6.19. The summed E-state index contributed by atoms with van der Waals surface area (Å²) in [5.74, 6) is 11.3. The summed E-state index contributed by atoms with van der Waals surface area (Å²) in [7, 11) is -6.27. The van der Waals surface area contributed by atoms with Gasteiger partial charge in [0.15, 0.2) is 0 Å². The first-order valence-corrected chi connectivity index (χ1v) is 19.3. The molecule has 48 heavy (non-hydrogen) atoms. The van der Waals surface area contributed by atoms with Crippen molar-refractivity contribution in [2.45, 2.75) is 0 Å². The van der Waals surface area contributed by atoms with E-state index in [9.17, 15) is 9.13 Å². The normalized spacial score (nSPS) is 10.1. The molecule has 0 aliphatic heterocycles. The first-order chi connectivity index (χ1) is 23.4. The maximum Gasteiger partial charge on any atom is 0.211 e. The maximum absolute atomic E-state index is 14.1. The lowest BCUT2D eigenvalue weighted by molar-refractivity contribution is -0.176. The van der Waals surface area contributed by atoms with Gasteiger partial charge in [0.05, 0.1) is 19.5 Å². The van der Waals surface area contributed by atoms with Crippen LogP contribution >= 0.6 is 37.0 Å². The van der Waals surface area contributed by atoms with Crippen molar-refractivity contribution in [3.63, 3.8) is 0 Å². The van der Waals surface area contributed by atoms with Crippen LogP contribution in [0.5, 0.6) is 0 Å². The molecule has 234 valence electrons. The van der Waals surface area contributed by atoms with E-state index in [1.165, 1.54) is 22.7 Å². The Bertz CT molecular complexity index is 2000. The third-order valence-electron chi connectivity index (χ3n) is 6.65. The predicted molar refractivity (Wildman–Crippen MR) is 203 cm³/mol. The topological polar surface area (TPSA) is 74.6 Å². The van der Waals surface area contributed by atoms with Crippen molar-refractivity contribution in [1.82, 2.24) is 0 Å². The summed E-state index contributed by atoms with van der Waals surface area (Å²) >= 11 is 2.87. The molecule has 0 bridgehead atoms. The van der Waals surface area contributed by atoms with Gasteiger partial charge in [-0.2, -0.15) is 0 Å². The van der Waals surface area contributed by atoms with Crippen molar-refractivity contribution >= 4 is 58.2 Å². The molecule has 0 saturated heterocycles. The third-order valence-corrected chi connectivity index (χ3v) is 13.5. The molecule has 6 rings (SSSR count). The standard InChI is InChI=1S/C32H22O2P2S.C8H4S.H2O2/c33-35(27-13-5-1-6-14-27,28-15-7-2-8-16-28)25-23-31-21-22-32(37-31)24-26-36(34,29-17-9-3-10-18-29)30-19-11-4-12-20-30;1-3-7-5-6-8(4-2)9-7;1-2/h1-22H;1-2,5-6H;1-2H. The SMILES string of the molecule is C#Cc1ccc(C#C)s1.O=P(C#Cc1ccc(C#CP(=O)(c2ccccc2)c2ccccc2)s1)(c1ccccc1)c1ccccc1.OO. The van der Waals surface area contributed by atoms with Crippen molar-refractivity contribution in [2.75, 3.05) is 0 Å². The zero-order valence-electron chi connectivity index (χ0n) is 25.4. The molecule has 0 aliphatic carbocycles. The minimum atomic E-state index is -3.14. The van der Waals surface area contributed by atoms with Crippen molar-refractivity contribution in [2.24, 2.45) is 0 Å². The second kappa shape index (κ2) is 17.7. The van der Waals surface area contributed by atoms with Gasteiger partial charge in [-0.05, 0) is 47.4 Å². The van der Waals surface area contributed by atoms with E-state index < -0.39 is 14.3 Å². The van der Waals surface area contributed by atoms with E-state index in [2.05, 4.69) is 35.0 Å². The van der Waals surface area contributed by atoms with Crippen LogP contribution in [0.4, 0.5) is 0 Å². The monoisotopic (exact) mass is 698 g/mol. The maximum atomic E-state index is 14.1. The van der Waals surface area contributed by atoms with Gasteiger partial charge in [0, 0.05) is 21.2 Å². The highest BCUT2D eigenvalue weighted by molar-refractivity contribution is 7.83. The highest BCUT2D eigenvalue weighted by atomic mass is 32.1. The summed E-state index contributed by atoms with van der Waals surface area (Å²) in [4.78, 5) is 3.29. The number of hydrogen-bond acceptors (Lipinski definition) is 6. The van der Waals surface area contributed by atoms with E-state index in [0.717, 1.165) is 19.5 Å². The first-order valence-electron chi connectivity index (χ1n) is 14.3. The van der Waals surface area contributed by atoms with Crippen molar-refractivity contribution in [3.8, 4) is 47.9 Å². The molecule has 0 atom stereocenters. The van der Waals surface area contributed by atoms with Crippen LogP contribution in [0, 0.1) is 47.9 Å². The van der Waals surface area contributed by atoms with Gasteiger partial charge in [0.1, 0.15) is 0 Å². The van der Waals surface area contributed by atoms with Gasteiger partial charge in [-0.25, -0.2) is 0 Å². The molecule has 0 aliphatic rings. The van der Waals surface area contributed by atoms with Gasteiger partial charge in [-0.3, -0.25) is 19.6 Å². The lowest BCUT2D eigenvalue weighted by atomic mass is 10.4. The average Bonchev–Trinajstić information content (AvgIpc) is 3.85. The van der Waals surface area contributed by atoms with Crippen LogP contribution in [0.15, 0.2) is 146 Å². The summed E-state index contributed by atoms with van der Waals surface area (Å²) in [5, 5.41) is 14.8. The third kappa shape index (κ3) is 9.03. The largest absolute Gasteiger partial charge is 0.300 e. The summed E-state index contributed by atoms with van der Waals surface area (Å²) in [6, 6.07) is 45.0. The number of benzene rings is 4. The molecule has 2 N–H and O–H groups in total. The smallest absolute Gasteiger partial charge is 0.211 e. The van der Waals surface area contributed by atoms with Gasteiger partial charge in [-0.1, -0.05) is 133 Å². The zero-order valence-corrected chi connectivity index (χ0v) is 28.9.